The Bertz CT molecular complexity index is 435. The molecule has 0 aromatic heterocycles. The van der Waals surface area contributed by atoms with Gasteiger partial charge in [-0.05, 0) is 37.8 Å². The molecule has 1 aromatic rings. The largest absolute Gasteiger partial charge is 0.493 e. The van der Waals surface area contributed by atoms with E-state index < -0.39 is 0 Å². The summed E-state index contributed by atoms with van der Waals surface area (Å²) in [7, 11) is 3.09. The minimum absolute atomic E-state index is 0.00663. The molecule has 0 amide bonds. The van der Waals surface area contributed by atoms with E-state index in [1.807, 2.05) is 0 Å². The molecule has 0 radical (unpaired) electrons. The molecule has 0 aliphatic heterocycles. The quantitative estimate of drug-likeness (QED) is 0.736. The van der Waals surface area contributed by atoms with Gasteiger partial charge in [0.05, 0.1) is 14.2 Å². The molecule has 0 saturated carbocycles. The molecule has 1 atom stereocenters. The molecule has 21 heavy (non-hydrogen) atoms. The van der Waals surface area contributed by atoms with Gasteiger partial charge in [0.15, 0.2) is 11.5 Å². The fourth-order valence-electron chi connectivity index (χ4n) is 2.32. The first-order valence-corrected chi connectivity index (χ1v) is 7.68. The molecule has 0 bridgehead atoms. The second kappa shape index (κ2) is 8.88. The van der Waals surface area contributed by atoms with Crippen molar-refractivity contribution in [1.29, 1.82) is 0 Å². The molecule has 0 spiro atoms. The molecule has 120 valence electrons. The van der Waals surface area contributed by atoms with Gasteiger partial charge in [-0.15, -0.1) is 0 Å². The molecule has 1 rings (SSSR count). The van der Waals surface area contributed by atoms with Crippen LogP contribution in [0.25, 0.3) is 0 Å². The minimum Gasteiger partial charge on any atom is -0.493 e. The molecular formula is C17H28FNO2. The van der Waals surface area contributed by atoms with Crippen LogP contribution in [-0.2, 0) is 0 Å². The molecular weight excluding hydrogens is 269 g/mol. The zero-order chi connectivity index (χ0) is 15.8. The van der Waals surface area contributed by atoms with Gasteiger partial charge >= 0.3 is 0 Å². The van der Waals surface area contributed by atoms with Crippen LogP contribution in [0.1, 0.15) is 51.6 Å². The monoisotopic (exact) mass is 297 g/mol. The summed E-state index contributed by atoms with van der Waals surface area (Å²) in [6.07, 6.45) is 2.98. The Morgan fingerprint density at radius 1 is 1.10 bits per heavy atom. The lowest BCUT2D eigenvalue weighted by molar-refractivity contribution is 0.348. The van der Waals surface area contributed by atoms with Crippen LogP contribution in [0.5, 0.6) is 11.5 Å². The number of hydrogen-bond donors (Lipinski definition) is 1. The Morgan fingerprint density at radius 2 is 1.71 bits per heavy atom. The average Bonchev–Trinajstić information content (AvgIpc) is 2.47. The topological polar surface area (TPSA) is 30.5 Å². The van der Waals surface area contributed by atoms with Crippen LogP contribution >= 0.6 is 0 Å². The summed E-state index contributed by atoms with van der Waals surface area (Å²) < 4.78 is 24.8. The number of methoxy groups -OCH3 is 2. The van der Waals surface area contributed by atoms with Crippen LogP contribution < -0.4 is 14.8 Å². The van der Waals surface area contributed by atoms with E-state index in [4.69, 9.17) is 9.47 Å². The lowest BCUT2D eigenvalue weighted by atomic mass is 9.96. The van der Waals surface area contributed by atoms with Crippen molar-refractivity contribution in [1.82, 2.24) is 5.32 Å². The predicted molar refractivity (Wildman–Crippen MR) is 84.6 cm³/mol. The maximum Gasteiger partial charge on any atom is 0.163 e. The number of nitrogens with one attached hydrogen (secondary N) is 1. The lowest BCUT2D eigenvalue weighted by Crippen LogP contribution is -2.23. The maximum atomic E-state index is 14.4. The Balaban J connectivity index is 3.04. The van der Waals surface area contributed by atoms with Crippen molar-refractivity contribution >= 4 is 0 Å². The fraction of sp³-hybridized carbons (Fsp3) is 0.647. The lowest BCUT2D eigenvalue weighted by Gasteiger charge is -2.22. The highest BCUT2D eigenvalue weighted by molar-refractivity contribution is 5.44. The summed E-state index contributed by atoms with van der Waals surface area (Å²) >= 11 is 0. The number of halogens is 1. The molecule has 0 aliphatic carbocycles. The van der Waals surface area contributed by atoms with E-state index in [9.17, 15) is 4.39 Å². The Hall–Kier alpha value is -1.29. The normalized spacial score (nSPS) is 12.5. The van der Waals surface area contributed by atoms with E-state index in [0.717, 1.165) is 25.8 Å². The van der Waals surface area contributed by atoms with Gasteiger partial charge in [-0.1, -0.05) is 20.8 Å². The summed E-state index contributed by atoms with van der Waals surface area (Å²) in [5, 5.41) is 3.43. The number of ether oxygens (including phenoxy) is 2. The maximum absolute atomic E-state index is 14.4. The molecule has 3 nitrogen and oxygen atoms in total. The highest BCUT2D eigenvalue weighted by Gasteiger charge is 2.19. The summed E-state index contributed by atoms with van der Waals surface area (Å²) in [5.74, 6) is 1.35. The summed E-state index contributed by atoms with van der Waals surface area (Å²) in [6, 6.07) is 3.17. The molecule has 1 N–H and O–H groups in total. The molecule has 0 aliphatic rings. The van der Waals surface area contributed by atoms with Crippen molar-refractivity contribution in [3.63, 3.8) is 0 Å². The van der Waals surface area contributed by atoms with E-state index >= 15 is 0 Å². The highest BCUT2D eigenvalue weighted by Crippen LogP contribution is 2.34. The van der Waals surface area contributed by atoms with Gasteiger partial charge in [0.1, 0.15) is 5.82 Å². The van der Waals surface area contributed by atoms with Crippen LogP contribution in [0.15, 0.2) is 12.1 Å². The van der Waals surface area contributed by atoms with E-state index in [2.05, 4.69) is 26.1 Å². The Labute approximate surface area is 127 Å². The van der Waals surface area contributed by atoms with Gasteiger partial charge in [0.25, 0.3) is 0 Å². The van der Waals surface area contributed by atoms with Gasteiger partial charge < -0.3 is 14.8 Å². The number of benzene rings is 1. The van der Waals surface area contributed by atoms with Crippen LogP contribution in [0.3, 0.4) is 0 Å². The summed E-state index contributed by atoms with van der Waals surface area (Å²) in [6.45, 7) is 7.34. The molecule has 0 saturated heterocycles. The highest BCUT2D eigenvalue weighted by atomic mass is 19.1. The number of hydrogen-bond acceptors (Lipinski definition) is 3. The fourth-order valence-corrected chi connectivity index (χ4v) is 2.32. The Kier molecular flexibility index (Phi) is 7.51. The third kappa shape index (κ3) is 5.20. The Morgan fingerprint density at radius 3 is 2.24 bits per heavy atom. The van der Waals surface area contributed by atoms with Gasteiger partial charge in [-0.25, -0.2) is 4.39 Å². The molecule has 0 fully saturated rings. The second-order valence-electron chi connectivity index (χ2n) is 5.71. The van der Waals surface area contributed by atoms with Crippen molar-refractivity contribution in [2.75, 3.05) is 20.8 Å². The molecule has 4 heteroatoms. The zero-order valence-electron chi connectivity index (χ0n) is 13.8. The van der Waals surface area contributed by atoms with E-state index in [0.29, 0.717) is 23.0 Å². The SMILES string of the molecule is CCCNC(CCC(C)C)c1cc(OC)c(OC)cc1F. The van der Waals surface area contributed by atoms with Gasteiger partial charge in [0.2, 0.25) is 0 Å². The second-order valence-corrected chi connectivity index (χ2v) is 5.71. The number of rotatable bonds is 9. The average molecular weight is 297 g/mol. The zero-order valence-corrected chi connectivity index (χ0v) is 13.8. The van der Waals surface area contributed by atoms with Gasteiger partial charge in [-0.2, -0.15) is 0 Å². The van der Waals surface area contributed by atoms with Crippen LogP contribution in [0.2, 0.25) is 0 Å². The van der Waals surface area contributed by atoms with Crippen molar-refractivity contribution in [2.45, 2.75) is 46.1 Å². The van der Waals surface area contributed by atoms with Gasteiger partial charge in [-0.3, -0.25) is 0 Å². The summed E-state index contributed by atoms with van der Waals surface area (Å²) in [5.41, 5.74) is 0.654. The standard InChI is InChI=1S/C17H28FNO2/c1-6-9-19-15(8-7-12(2)3)13-10-16(20-4)17(21-5)11-14(13)18/h10-12,15,19H,6-9H2,1-5H3. The minimum atomic E-state index is -0.245. The van der Waals surface area contributed by atoms with E-state index in [1.165, 1.54) is 13.2 Å². The van der Waals surface area contributed by atoms with Crippen molar-refractivity contribution in [3.05, 3.63) is 23.5 Å². The molecule has 1 unspecified atom stereocenters. The van der Waals surface area contributed by atoms with E-state index in [1.54, 1.807) is 13.2 Å². The van der Waals surface area contributed by atoms with Crippen LogP contribution in [-0.4, -0.2) is 20.8 Å². The third-order valence-corrected chi connectivity index (χ3v) is 3.55. The predicted octanol–water partition coefficient (Wildman–Crippen LogP) is 4.32. The smallest absolute Gasteiger partial charge is 0.163 e. The van der Waals surface area contributed by atoms with Crippen LogP contribution in [0.4, 0.5) is 4.39 Å². The summed E-state index contributed by atoms with van der Waals surface area (Å²) in [4.78, 5) is 0. The van der Waals surface area contributed by atoms with E-state index in [-0.39, 0.29) is 11.9 Å². The first-order chi connectivity index (χ1) is 10.0. The molecule has 0 heterocycles. The first kappa shape index (κ1) is 17.8. The molecule has 1 aromatic carbocycles. The van der Waals surface area contributed by atoms with Gasteiger partial charge in [0, 0.05) is 17.7 Å². The van der Waals surface area contributed by atoms with Crippen molar-refractivity contribution in [2.24, 2.45) is 5.92 Å². The first-order valence-electron chi connectivity index (χ1n) is 7.68. The van der Waals surface area contributed by atoms with Crippen LogP contribution in [0, 0.1) is 11.7 Å². The van der Waals surface area contributed by atoms with Crippen molar-refractivity contribution in [3.8, 4) is 11.5 Å². The third-order valence-electron chi connectivity index (χ3n) is 3.55. The van der Waals surface area contributed by atoms with Crippen molar-refractivity contribution < 1.29 is 13.9 Å².